The van der Waals surface area contributed by atoms with Gasteiger partial charge < -0.3 is 18.8 Å². The highest BCUT2D eigenvalue weighted by Crippen LogP contribution is 2.27. The van der Waals surface area contributed by atoms with Crippen LogP contribution in [0.25, 0.3) is 11.0 Å². The van der Waals surface area contributed by atoms with Crippen LogP contribution in [0.5, 0.6) is 5.75 Å². The van der Waals surface area contributed by atoms with Crippen LogP contribution in [0.1, 0.15) is 16.7 Å². The Morgan fingerprint density at radius 1 is 1.09 bits per heavy atom. The van der Waals surface area contributed by atoms with Gasteiger partial charge in [0.25, 0.3) is 10.2 Å². The molecule has 0 fully saturated rings. The monoisotopic (exact) mass is 503 g/mol. The third-order valence-corrected chi connectivity index (χ3v) is 6.08. The van der Waals surface area contributed by atoms with Crippen molar-refractivity contribution in [3.63, 3.8) is 0 Å². The number of amides is 1. The van der Waals surface area contributed by atoms with Gasteiger partial charge in [0, 0.05) is 44.6 Å². The standard InChI is InChI=1S/C23H25N3O8S/c1-24-35(30,31)25-15-7-5-6-14(10-15)11-19-18(13-21(27)32-4)17-9-8-16(33-23(29)26(2)3)12-20(17)34-22(19)28/h5-10,12,24-25H,11,13H2,1-4H3. The highest BCUT2D eigenvalue weighted by Gasteiger charge is 2.20. The second-order valence-corrected chi connectivity index (χ2v) is 9.33. The Bertz CT molecular complexity index is 1430. The van der Waals surface area contributed by atoms with Crippen molar-refractivity contribution in [1.29, 1.82) is 0 Å². The molecule has 0 unspecified atom stereocenters. The largest absolute Gasteiger partial charge is 0.469 e. The minimum absolute atomic E-state index is 0.0666. The van der Waals surface area contributed by atoms with Crippen LogP contribution < -0.4 is 19.8 Å². The third kappa shape index (κ3) is 6.37. The summed E-state index contributed by atoms with van der Waals surface area (Å²) in [6.45, 7) is 0. The van der Waals surface area contributed by atoms with E-state index in [1.165, 1.54) is 45.3 Å². The lowest BCUT2D eigenvalue weighted by Gasteiger charge is -2.14. The highest BCUT2D eigenvalue weighted by atomic mass is 32.2. The van der Waals surface area contributed by atoms with Gasteiger partial charge in [-0.2, -0.15) is 8.42 Å². The van der Waals surface area contributed by atoms with Crippen molar-refractivity contribution in [2.75, 3.05) is 33.0 Å². The summed E-state index contributed by atoms with van der Waals surface area (Å²) in [5.74, 6) is -0.391. The van der Waals surface area contributed by atoms with Crippen molar-refractivity contribution in [2.45, 2.75) is 12.8 Å². The average Bonchev–Trinajstić information content (AvgIpc) is 2.80. The zero-order valence-electron chi connectivity index (χ0n) is 19.6. The van der Waals surface area contributed by atoms with Crippen LogP contribution in [-0.2, 0) is 32.6 Å². The number of rotatable bonds is 8. The molecule has 1 aromatic heterocycles. The first-order valence-corrected chi connectivity index (χ1v) is 11.9. The third-order valence-electron chi connectivity index (χ3n) is 5.04. The molecule has 0 atom stereocenters. The van der Waals surface area contributed by atoms with E-state index in [9.17, 15) is 22.8 Å². The van der Waals surface area contributed by atoms with Gasteiger partial charge in [-0.15, -0.1) is 0 Å². The quantitative estimate of drug-likeness (QED) is 0.351. The molecule has 3 rings (SSSR count). The molecule has 11 nitrogen and oxygen atoms in total. The number of fused-ring (bicyclic) bond motifs is 1. The van der Waals surface area contributed by atoms with E-state index in [4.69, 9.17) is 13.9 Å². The molecule has 12 heteroatoms. The fraction of sp³-hybridized carbons (Fsp3) is 0.261. The summed E-state index contributed by atoms with van der Waals surface area (Å²) >= 11 is 0. The van der Waals surface area contributed by atoms with E-state index in [1.807, 2.05) is 0 Å². The number of methoxy groups -OCH3 is 1. The highest BCUT2D eigenvalue weighted by molar-refractivity contribution is 7.90. The van der Waals surface area contributed by atoms with E-state index in [2.05, 4.69) is 9.44 Å². The predicted molar refractivity (Wildman–Crippen MR) is 129 cm³/mol. The fourth-order valence-electron chi connectivity index (χ4n) is 3.29. The van der Waals surface area contributed by atoms with Gasteiger partial charge in [-0.1, -0.05) is 12.1 Å². The topological polar surface area (TPSA) is 144 Å². The number of hydrogen-bond acceptors (Lipinski definition) is 8. The first-order valence-electron chi connectivity index (χ1n) is 10.4. The number of esters is 1. The molecule has 0 radical (unpaired) electrons. The van der Waals surface area contributed by atoms with Gasteiger partial charge in [0.15, 0.2) is 0 Å². The molecule has 0 saturated carbocycles. The van der Waals surface area contributed by atoms with Crippen molar-refractivity contribution in [3.05, 3.63) is 69.6 Å². The zero-order valence-corrected chi connectivity index (χ0v) is 20.4. The number of anilines is 1. The number of nitrogens with one attached hydrogen (secondary N) is 2. The molecule has 0 aliphatic carbocycles. The molecule has 3 aromatic rings. The zero-order chi connectivity index (χ0) is 25.8. The van der Waals surface area contributed by atoms with E-state index in [0.717, 1.165) is 0 Å². The minimum atomic E-state index is -3.73. The van der Waals surface area contributed by atoms with Crippen LogP contribution in [0.3, 0.4) is 0 Å². The van der Waals surface area contributed by atoms with Crippen molar-refractivity contribution >= 4 is 38.9 Å². The maximum Gasteiger partial charge on any atom is 0.414 e. The SMILES string of the molecule is CNS(=O)(=O)Nc1cccc(Cc2c(CC(=O)OC)c3ccc(OC(=O)N(C)C)cc3oc2=O)c1. The van der Waals surface area contributed by atoms with Gasteiger partial charge in [-0.05, 0) is 35.4 Å². The number of carbonyl (C=O) groups excluding carboxylic acids is 2. The minimum Gasteiger partial charge on any atom is -0.469 e. The Balaban J connectivity index is 2.07. The van der Waals surface area contributed by atoms with Crippen LogP contribution in [0.2, 0.25) is 0 Å². The van der Waals surface area contributed by atoms with Gasteiger partial charge in [0.2, 0.25) is 0 Å². The fourth-order valence-corrected chi connectivity index (χ4v) is 3.83. The van der Waals surface area contributed by atoms with Gasteiger partial charge in [0.1, 0.15) is 11.3 Å². The van der Waals surface area contributed by atoms with E-state index in [-0.39, 0.29) is 29.7 Å². The Morgan fingerprint density at radius 2 is 1.83 bits per heavy atom. The molecule has 1 amide bonds. The van der Waals surface area contributed by atoms with E-state index in [1.54, 1.807) is 30.3 Å². The molecular weight excluding hydrogens is 478 g/mol. The average molecular weight is 504 g/mol. The molecule has 0 aliphatic rings. The maximum atomic E-state index is 13.0. The predicted octanol–water partition coefficient (Wildman–Crippen LogP) is 2.04. The molecule has 35 heavy (non-hydrogen) atoms. The normalized spacial score (nSPS) is 11.2. The molecule has 0 saturated heterocycles. The molecule has 2 aromatic carbocycles. The van der Waals surface area contributed by atoms with Gasteiger partial charge in [-0.3, -0.25) is 9.52 Å². The summed E-state index contributed by atoms with van der Waals surface area (Å²) in [6, 6.07) is 11.0. The summed E-state index contributed by atoms with van der Waals surface area (Å²) in [7, 11) is 1.85. The summed E-state index contributed by atoms with van der Waals surface area (Å²) in [4.78, 5) is 38.2. The van der Waals surface area contributed by atoms with Crippen molar-refractivity contribution in [1.82, 2.24) is 9.62 Å². The van der Waals surface area contributed by atoms with E-state index < -0.39 is 27.9 Å². The summed E-state index contributed by atoms with van der Waals surface area (Å²) in [6.07, 6.45) is -0.736. The maximum absolute atomic E-state index is 13.0. The Hall–Kier alpha value is -3.90. The molecule has 0 aliphatic heterocycles. The van der Waals surface area contributed by atoms with E-state index >= 15 is 0 Å². The van der Waals surface area contributed by atoms with Gasteiger partial charge in [0.05, 0.1) is 19.2 Å². The van der Waals surface area contributed by atoms with Gasteiger partial charge >= 0.3 is 17.7 Å². The summed E-state index contributed by atoms with van der Waals surface area (Å²) < 4.78 is 43.7. The Morgan fingerprint density at radius 3 is 2.49 bits per heavy atom. The van der Waals surface area contributed by atoms with Crippen molar-refractivity contribution in [3.8, 4) is 5.75 Å². The smallest absolute Gasteiger partial charge is 0.414 e. The Labute approximate surface area is 201 Å². The van der Waals surface area contributed by atoms with Crippen LogP contribution in [-0.4, -0.2) is 53.6 Å². The first kappa shape index (κ1) is 25.7. The number of ether oxygens (including phenoxy) is 2. The first-order chi connectivity index (χ1) is 16.5. The number of benzene rings is 2. The lowest BCUT2D eigenvalue weighted by molar-refractivity contribution is -0.139. The summed E-state index contributed by atoms with van der Waals surface area (Å²) in [5, 5.41) is 0.474. The van der Waals surface area contributed by atoms with Crippen LogP contribution in [0.4, 0.5) is 10.5 Å². The van der Waals surface area contributed by atoms with Crippen molar-refractivity contribution < 1.29 is 31.9 Å². The second kappa shape index (κ2) is 10.6. The van der Waals surface area contributed by atoms with Crippen LogP contribution >= 0.6 is 0 Å². The molecule has 2 N–H and O–H groups in total. The molecule has 0 spiro atoms. The summed E-state index contributed by atoms with van der Waals surface area (Å²) in [5.41, 5.74) is 0.967. The molecular formula is C23H25N3O8S. The van der Waals surface area contributed by atoms with Crippen LogP contribution in [0.15, 0.2) is 51.7 Å². The lowest BCUT2D eigenvalue weighted by Crippen LogP contribution is -2.26. The van der Waals surface area contributed by atoms with Crippen molar-refractivity contribution in [2.24, 2.45) is 0 Å². The molecule has 186 valence electrons. The number of hydrogen-bond donors (Lipinski definition) is 2. The van der Waals surface area contributed by atoms with E-state index in [0.29, 0.717) is 22.2 Å². The molecule has 1 heterocycles. The van der Waals surface area contributed by atoms with Crippen LogP contribution in [0, 0.1) is 0 Å². The second-order valence-electron chi connectivity index (χ2n) is 7.71. The lowest BCUT2D eigenvalue weighted by atomic mass is 9.96. The number of carbonyl (C=O) groups is 2. The number of nitrogens with zero attached hydrogens (tertiary/aromatic N) is 1. The Kier molecular flexibility index (Phi) is 7.77. The van der Waals surface area contributed by atoms with Gasteiger partial charge in [-0.25, -0.2) is 14.3 Å². The molecule has 0 bridgehead atoms.